The largest absolute Gasteiger partial charge is 0.462 e. The molecule has 27 heavy (non-hydrogen) atoms. The number of rotatable bonds is 17. The van der Waals surface area contributed by atoms with Crippen LogP contribution in [0.5, 0.6) is 0 Å². The zero-order chi connectivity index (χ0) is 20.3. The lowest BCUT2D eigenvalue weighted by molar-refractivity contribution is -0.139. The summed E-state index contributed by atoms with van der Waals surface area (Å²) in [6.07, 6.45) is 15.7. The van der Waals surface area contributed by atoms with Crippen molar-refractivity contribution < 1.29 is 19.1 Å². The molecule has 0 aromatic rings. The number of unbranched alkanes of at least 4 members (excludes halogenated alkanes) is 10. The van der Waals surface area contributed by atoms with Gasteiger partial charge in [0, 0.05) is 5.57 Å². The van der Waals surface area contributed by atoms with Crippen molar-refractivity contribution in [3.8, 4) is 0 Å². The number of hydrogen-bond donors (Lipinski definition) is 0. The van der Waals surface area contributed by atoms with Crippen molar-refractivity contribution in [3.63, 3.8) is 0 Å². The Bertz CT molecular complexity index is 451. The van der Waals surface area contributed by atoms with E-state index in [1.165, 1.54) is 57.4 Å². The molecular formula is C23H40O4. The highest BCUT2D eigenvalue weighted by atomic mass is 16.5. The van der Waals surface area contributed by atoms with Crippen molar-refractivity contribution in [1.82, 2.24) is 0 Å². The van der Waals surface area contributed by atoms with Crippen molar-refractivity contribution in [1.29, 1.82) is 0 Å². The summed E-state index contributed by atoms with van der Waals surface area (Å²) in [4.78, 5) is 23.7. The highest BCUT2D eigenvalue weighted by Gasteiger charge is 2.10. The van der Waals surface area contributed by atoms with Gasteiger partial charge in [0.25, 0.3) is 0 Å². The van der Waals surface area contributed by atoms with Crippen LogP contribution < -0.4 is 0 Å². The molecule has 0 aliphatic heterocycles. The summed E-state index contributed by atoms with van der Waals surface area (Å²) in [6, 6.07) is 0. The van der Waals surface area contributed by atoms with Crippen molar-refractivity contribution in [2.45, 2.75) is 97.8 Å². The first-order valence-electron chi connectivity index (χ1n) is 10.7. The number of hydrogen-bond acceptors (Lipinski definition) is 4. The molecule has 4 nitrogen and oxygen atoms in total. The molecule has 0 spiro atoms. The van der Waals surface area contributed by atoms with E-state index in [4.69, 9.17) is 9.47 Å². The Morgan fingerprint density at radius 2 is 1.15 bits per heavy atom. The minimum atomic E-state index is -0.481. The molecule has 0 amide bonds. The molecule has 0 bridgehead atoms. The zero-order valence-electron chi connectivity index (χ0n) is 17.8. The summed E-state index contributed by atoms with van der Waals surface area (Å²) in [6.45, 7) is 10.4. The molecule has 0 heterocycles. The lowest BCUT2D eigenvalue weighted by atomic mass is 10.1. The molecule has 0 unspecified atom stereocenters. The minimum Gasteiger partial charge on any atom is -0.462 e. The van der Waals surface area contributed by atoms with Crippen molar-refractivity contribution in [2.24, 2.45) is 0 Å². The average Bonchev–Trinajstić information content (AvgIpc) is 2.65. The van der Waals surface area contributed by atoms with Crippen LogP contribution in [0, 0.1) is 0 Å². The SMILES string of the molecule is C=C(/C=C(\C)C(=O)OCCCCCCCCCCCC)C(=O)OCCCC. The molecule has 0 aliphatic carbocycles. The van der Waals surface area contributed by atoms with E-state index < -0.39 is 11.9 Å². The van der Waals surface area contributed by atoms with Gasteiger partial charge in [0.05, 0.1) is 18.8 Å². The first kappa shape index (κ1) is 25.4. The third-order valence-corrected chi connectivity index (χ3v) is 4.44. The second-order valence-electron chi connectivity index (χ2n) is 7.16. The van der Waals surface area contributed by atoms with Crippen LogP contribution in [-0.2, 0) is 19.1 Å². The molecule has 4 heteroatoms. The Kier molecular flexibility index (Phi) is 16.8. The van der Waals surface area contributed by atoms with Crippen LogP contribution in [0.4, 0.5) is 0 Å². The van der Waals surface area contributed by atoms with Gasteiger partial charge in [-0.15, -0.1) is 0 Å². The molecule has 0 fully saturated rings. The normalized spacial score (nSPS) is 11.3. The van der Waals surface area contributed by atoms with Gasteiger partial charge in [0.15, 0.2) is 0 Å². The van der Waals surface area contributed by atoms with E-state index in [0.29, 0.717) is 18.8 Å². The van der Waals surface area contributed by atoms with Crippen molar-refractivity contribution in [3.05, 3.63) is 23.8 Å². The number of carbonyl (C=O) groups is 2. The Labute approximate surface area is 166 Å². The zero-order valence-corrected chi connectivity index (χ0v) is 17.8. The van der Waals surface area contributed by atoms with E-state index in [1.54, 1.807) is 6.92 Å². The molecule has 0 aromatic heterocycles. The third kappa shape index (κ3) is 15.2. The van der Waals surface area contributed by atoms with E-state index in [-0.39, 0.29) is 5.57 Å². The first-order valence-corrected chi connectivity index (χ1v) is 10.7. The van der Waals surface area contributed by atoms with Gasteiger partial charge in [-0.25, -0.2) is 9.59 Å². The Morgan fingerprint density at radius 3 is 1.70 bits per heavy atom. The van der Waals surface area contributed by atoms with Crippen LogP contribution >= 0.6 is 0 Å². The lowest BCUT2D eigenvalue weighted by Gasteiger charge is -2.07. The standard InChI is InChI=1S/C23H40O4/c1-5-7-9-10-11-12-13-14-15-16-18-27-23(25)21(4)19-20(3)22(24)26-17-8-6-2/h19H,3,5-18H2,1-2,4H3/b21-19+. The quantitative estimate of drug-likeness (QED) is 0.129. The average molecular weight is 381 g/mol. The molecule has 0 rings (SSSR count). The first-order chi connectivity index (χ1) is 13.0. The second-order valence-corrected chi connectivity index (χ2v) is 7.16. The third-order valence-electron chi connectivity index (χ3n) is 4.44. The fraction of sp³-hybridized carbons (Fsp3) is 0.739. The highest BCUT2D eigenvalue weighted by molar-refractivity contribution is 5.95. The molecule has 0 saturated carbocycles. The second kappa shape index (κ2) is 17.8. The summed E-state index contributed by atoms with van der Waals surface area (Å²) in [5.41, 5.74) is 0.555. The minimum absolute atomic E-state index is 0.180. The van der Waals surface area contributed by atoms with Crippen molar-refractivity contribution in [2.75, 3.05) is 13.2 Å². The predicted molar refractivity (Wildman–Crippen MR) is 112 cm³/mol. The molecule has 0 saturated heterocycles. The lowest BCUT2D eigenvalue weighted by Crippen LogP contribution is -2.10. The number of esters is 2. The van der Waals surface area contributed by atoms with E-state index >= 15 is 0 Å². The predicted octanol–water partition coefficient (Wildman–Crippen LogP) is 6.30. The topological polar surface area (TPSA) is 52.6 Å². The van der Waals surface area contributed by atoms with E-state index in [0.717, 1.165) is 25.7 Å². The van der Waals surface area contributed by atoms with Crippen LogP contribution in [0.25, 0.3) is 0 Å². The van der Waals surface area contributed by atoms with Gasteiger partial charge in [-0.05, 0) is 25.8 Å². The van der Waals surface area contributed by atoms with Gasteiger partial charge in [-0.2, -0.15) is 0 Å². The highest BCUT2D eigenvalue weighted by Crippen LogP contribution is 2.11. The summed E-state index contributed by atoms with van der Waals surface area (Å²) < 4.78 is 10.3. The maximum Gasteiger partial charge on any atom is 0.337 e. The van der Waals surface area contributed by atoms with Gasteiger partial charge >= 0.3 is 11.9 Å². The Morgan fingerprint density at radius 1 is 0.704 bits per heavy atom. The maximum atomic E-state index is 11.9. The van der Waals surface area contributed by atoms with Crippen LogP contribution in [0.15, 0.2) is 23.8 Å². The molecular weight excluding hydrogens is 340 g/mol. The molecule has 0 radical (unpaired) electrons. The Balaban J connectivity index is 3.76. The van der Waals surface area contributed by atoms with E-state index in [9.17, 15) is 9.59 Å². The molecule has 0 N–H and O–H groups in total. The monoisotopic (exact) mass is 380 g/mol. The van der Waals surface area contributed by atoms with Gasteiger partial charge in [0.2, 0.25) is 0 Å². The maximum absolute atomic E-state index is 11.9. The Hall–Kier alpha value is -1.58. The van der Waals surface area contributed by atoms with E-state index in [2.05, 4.69) is 13.5 Å². The fourth-order valence-electron chi connectivity index (χ4n) is 2.65. The van der Waals surface area contributed by atoms with E-state index in [1.807, 2.05) is 6.92 Å². The van der Waals surface area contributed by atoms with Crippen LogP contribution in [0.1, 0.15) is 97.8 Å². The van der Waals surface area contributed by atoms with Gasteiger partial charge in [-0.3, -0.25) is 0 Å². The number of ether oxygens (including phenoxy) is 2. The summed E-state index contributed by atoms with van der Waals surface area (Å²) in [5, 5.41) is 0. The molecule has 0 atom stereocenters. The van der Waals surface area contributed by atoms with Crippen LogP contribution in [0.3, 0.4) is 0 Å². The molecule has 156 valence electrons. The smallest absolute Gasteiger partial charge is 0.337 e. The fourth-order valence-corrected chi connectivity index (χ4v) is 2.65. The number of carbonyl (C=O) groups excluding carboxylic acids is 2. The van der Waals surface area contributed by atoms with Crippen molar-refractivity contribution >= 4 is 11.9 Å². The summed E-state index contributed by atoms with van der Waals surface area (Å²) >= 11 is 0. The summed E-state index contributed by atoms with van der Waals surface area (Å²) in [7, 11) is 0. The van der Waals surface area contributed by atoms with Crippen LogP contribution in [-0.4, -0.2) is 25.2 Å². The van der Waals surface area contributed by atoms with Crippen LogP contribution in [0.2, 0.25) is 0 Å². The van der Waals surface area contributed by atoms with Gasteiger partial charge < -0.3 is 9.47 Å². The summed E-state index contributed by atoms with van der Waals surface area (Å²) in [5.74, 6) is -0.876. The van der Waals surface area contributed by atoms with Gasteiger partial charge in [-0.1, -0.05) is 84.6 Å². The van der Waals surface area contributed by atoms with Gasteiger partial charge in [0.1, 0.15) is 0 Å². The molecule has 0 aromatic carbocycles. The molecule has 0 aliphatic rings.